The number of nitrogens with zero attached hydrogens (tertiary/aromatic N) is 2. The number of aromatic nitrogens is 1. The maximum Gasteiger partial charge on any atom is 0.335 e. The van der Waals surface area contributed by atoms with E-state index < -0.39 is 5.97 Å². The van der Waals surface area contributed by atoms with Crippen LogP contribution < -0.4 is 4.74 Å². The van der Waals surface area contributed by atoms with Gasteiger partial charge in [-0.15, -0.1) is 0 Å². The maximum absolute atomic E-state index is 10.9. The minimum absolute atomic E-state index is 0.262. The van der Waals surface area contributed by atoms with Crippen LogP contribution in [0.5, 0.6) is 5.75 Å². The van der Waals surface area contributed by atoms with Gasteiger partial charge in [0.25, 0.3) is 0 Å². The maximum atomic E-state index is 10.9. The number of aromatic carboxylic acids is 1. The van der Waals surface area contributed by atoms with Crippen LogP contribution in [0.4, 0.5) is 5.69 Å². The zero-order valence-corrected chi connectivity index (χ0v) is 13.1. The van der Waals surface area contributed by atoms with Crippen LogP contribution in [0, 0.1) is 0 Å². The van der Waals surface area contributed by atoms with Gasteiger partial charge < -0.3 is 14.4 Å². The topological polar surface area (TPSA) is 63.8 Å². The Morgan fingerprint density at radius 1 is 1.12 bits per heavy atom. The third-order valence-electron chi connectivity index (χ3n) is 3.57. The molecule has 1 N–H and O–H groups in total. The standard InChI is InChI=1S/C19H16N2O3/c1-24-18-6-2-4-15(12-18)20-13-17-5-3-11-21(17)16-9-7-14(8-10-16)19(22)23/h2-13H,1H3,(H,22,23). The van der Waals surface area contributed by atoms with Gasteiger partial charge in [-0.05, 0) is 48.5 Å². The van der Waals surface area contributed by atoms with E-state index in [1.54, 1.807) is 37.6 Å². The Bertz CT molecular complexity index is 880. The van der Waals surface area contributed by atoms with E-state index in [1.807, 2.05) is 47.2 Å². The van der Waals surface area contributed by atoms with E-state index in [-0.39, 0.29) is 5.56 Å². The highest BCUT2D eigenvalue weighted by Gasteiger charge is 2.05. The predicted molar refractivity (Wildman–Crippen MR) is 93.0 cm³/mol. The van der Waals surface area contributed by atoms with Crippen LogP contribution in [-0.4, -0.2) is 29.0 Å². The van der Waals surface area contributed by atoms with E-state index in [4.69, 9.17) is 9.84 Å². The second kappa shape index (κ2) is 6.83. The Hall–Kier alpha value is -3.34. The average molecular weight is 320 g/mol. The molecule has 0 saturated carbocycles. The van der Waals surface area contributed by atoms with Gasteiger partial charge in [-0.2, -0.15) is 0 Å². The first-order chi connectivity index (χ1) is 11.7. The number of hydrogen-bond donors (Lipinski definition) is 1. The molecule has 5 heteroatoms. The minimum atomic E-state index is -0.936. The normalized spacial score (nSPS) is 10.9. The Labute approximate surface area is 139 Å². The molecule has 0 saturated heterocycles. The molecule has 0 aliphatic heterocycles. The molecule has 3 rings (SSSR count). The molecule has 0 radical (unpaired) electrons. The van der Waals surface area contributed by atoms with E-state index >= 15 is 0 Å². The molecule has 120 valence electrons. The van der Waals surface area contributed by atoms with E-state index in [9.17, 15) is 4.79 Å². The van der Waals surface area contributed by atoms with Gasteiger partial charge in [0.15, 0.2) is 0 Å². The van der Waals surface area contributed by atoms with Crippen molar-refractivity contribution in [2.24, 2.45) is 4.99 Å². The molecule has 2 aromatic carbocycles. The molecular weight excluding hydrogens is 304 g/mol. The second-order valence-electron chi connectivity index (χ2n) is 5.11. The van der Waals surface area contributed by atoms with Gasteiger partial charge in [0.05, 0.1) is 30.3 Å². The number of methoxy groups -OCH3 is 1. The van der Waals surface area contributed by atoms with Crippen LogP contribution in [0.25, 0.3) is 5.69 Å². The summed E-state index contributed by atoms with van der Waals surface area (Å²) in [7, 11) is 1.62. The first kappa shape index (κ1) is 15.6. The van der Waals surface area contributed by atoms with Crippen LogP contribution in [0.2, 0.25) is 0 Å². The summed E-state index contributed by atoms with van der Waals surface area (Å²) in [5, 5.41) is 8.98. The largest absolute Gasteiger partial charge is 0.497 e. The fourth-order valence-electron chi connectivity index (χ4n) is 2.33. The molecule has 0 aliphatic carbocycles. The molecule has 0 fully saturated rings. The summed E-state index contributed by atoms with van der Waals surface area (Å²) >= 11 is 0. The van der Waals surface area contributed by atoms with Gasteiger partial charge in [-0.3, -0.25) is 4.99 Å². The van der Waals surface area contributed by atoms with Crippen molar-refractivity contribution in [1.29, 1.82) is 0 Å². The van der Waals surface area contributed by atoms with Gasteiger partial charge in [-0.25, -0.2) is 4.79 Å². The Kier molecular flexibility index (Phi) is 4.43. The zero-order chi connectivity index (χ0) is 16.9. The Balaban J connectivity index is 1.87. The molecule has 5 nitrogen and oxygen atoms in total. The lowest BCUT2D eigenvalue weighted by molar-refractivity contribution is 0.0697. The van der Waals surface area contributed by atoms with E-state index in [0.29, 0.717) is 0 Å². The fourth-order valence-corrected chi connectivity index (χ4v) is 2.33. The molecule has 0 aliphatic rings. The monoisotopic (exact) mass is 320 g/mol. The number of hydrogen-bond acceptors (Lipinski definition) is 3. The molecule has 0 unspecified atom stereocenters. The lowest BCUT2D eigenvalue weighted by Crippen LogP contribution is -2.00. The Morgan fingerprint density at radius 3 is 2.62 bits per heavy atom. The average Bonchev–Trinajstić information content (AvgIpc) is 3.09. The van der Waals surface area contributed by atoms with Crippen molar-refractivity contribution >= 4 is 17.9 Å². The SMILES string of the molecule is COc1cccc(N=Cc2cccn2-c2ccc(C(=O)O)cc2)c1. The van der Waals surface area contributed by atoms with Gasteiger partial charge >= 0.3 is 5.97 Å². The molecule has 0 spiro atoms. The van der Waals surface area contributed by atoms with Gasteiger partial charge in [0, 0.05) is 18.0 Å². The summed E-state index contributed by atoms with van der Waals surface area (Å²) in [5.74, 6) is -0.182. The van der Waals surface area contributed by atoms with Crippen LogP contribution >= 0.6 is 0 Å². The molecule has 0 amide bonds. The van der Waals surface area contributed by atoms with Crippen LogP contribution in [0.1, 0.15) is 16.1 Å². The zero-order valence-electron chi connectivity index (χ0n) is 13.1. The van der Waals surface area contributed by atoms with Crippen molar-refractivity contribution < 1.29 is 14.6 Å². The lowest BCUT2D eigenvalue weighted by Gasteiger charge is -2.06. The highest BCUT2D eigenvalue weighted by Crippen LogP contribution is 2.20. The molecule has 24 heavy (non-hydrogen) atoms. The van der Waals surface area contributed by atoms with Crippen molar-refractivity contribution in [3.8, 4) is 11.4 Å². The molecule has 0 bridgehead atoms. The summed E-state index contributed by atoms with van der Waals surface area (Å²) in [6.07, 6.45) is 3.67. The van der Waals surface area contributed by atoms with Crippen molar-refractivity contribution in [2.45, 2.75) is 0 Å². The van der Waals surface area contributed by atoms with E-state index in [1.165, 1.54) is 0 Å². The Morgan fingerprint density at radius 2 is 1.92 bits per heavy atom. The third kappa shape index (κ3) is 3.35. The van der Waals surface area contributed by atoms with Crippen LogP contribution in [0.15, 0.2) is 71.9 Å². The van der Waals surface area contributed by atoms with Crippen molar-refractivity contribution in [2.75, 3.05) is 7.11 Å². The second-order valence-corrected chi connectivity index (χ2v) is 5.11. The van der Waals surface area contributed by atoms with Gasteiger partial charge in [-0.1, -0.05) is 6.07 Å². The van der Waals surface area contributed by atoms with Crippen LogP contribution in [-0.2, 0) is 0 Å². The summed E-state index contributed by atoms with van der Waals surface area (Å²) in [6, 6.07) is 18.1. The summed E-state index contributed by atoms with van der Waals surface area (Å²) in [4.78, 5) is 15.4. The number of rotatable bonds is 5. The predicted octanol–water partition coefficient (Wildman–Crippen LogP) is 3.93. The van der Waals surface area contributed by atoms with Crippen LogP contribution in [0.3, 0.4) is 0 Å². The summed E-state index contributed by atoms with van der Waals surface area (Å²) < 4.78 is 7.13. The van der Waals surface area contributed by atoms with Gasteiger partial charge in [0.1, 0.15) is 5.75 Å². The number of carbonyl (C=O) groups is 1. The lowest BCUT2D eigenvalue weighted by atomic mass is 10.2. The quantitative estimate of drug-likeness (QED) is 0.724. The van der Waals surface area contributed by atoms with E-state index in [0.717, 1.165) is 22.8 Å². The number of carboxylic acid groups (broad SMARTS) is 1. The van der Waals surface area contributed by atoms with Gasteiger partial charge in [0.2, 0.25) is 0 Å². The summed E-state index contributed by atoms with van der Waals surface area (Å²) in [6.45, 7) is 0. The molecule has 1 heterocycles. The smallest absolute Gasteiger partial charge is 0.335 e. The number of benzene rings is 2. The third-order valence-corrected chi connectivity index (χ3v) is 3.57. The highest BCUT2D eigenvalue weighted by atomic mass is 16.5. The molecule has 0 atom stereocenters. The first-order valence-electron chi connectivity index (χ1n) is 7.36. The summed E-state index contributed by atoms with van der Waals surface area (Å²) in [5.41, 5.74) is 2.82. The minimum Gasteiger partial charge on any atom is -0.497 e. The van der Waals surface area contributed by atoms with Crippen molar-refractivity contribution in [1.82, 2.24) is 4.57 Å². The number of carboxylic acids is 1. The number of aliphatic imine (C=N–C) groups is 1. The fraction of sp³-hybridized carbons (Fsp3) is 0.0526. The molecule has 1 aromatic heterocycles. The molecule has 3 aromatic rings. The molecular formula is C19H16N2O3. The first-order valence-corrected chi connectivity index (χ1v) is 7.36. The van der Waals surface area contributed by atoms with Crippen molar-refractivity contribution in [3.05, 3.63) is 78.1 Å². The van der Waals surface area contributed by atoms with E-state index in [2.05, 4.69) is 4.99 Å². The van der Waals surface area contributed by atoms with Crippen molar-refractivity contribution in [3.63, 3.8) is 0 Å². The highest BCUT2D eigenvalue weighted by molar-refractivity contribution is 5.88. The number of ether oxygens (including phenoxy) is 1.